The fourth-order valence-electron chi connectivity index (χ4n) is 1.60. The van der Waals surface area contributed by atoms with E-state index in [2.05, 4.69) is 27.4 Å². The van der Waals surface area contributed by atoms with Crippen LogP contribution in [0.2, 0.25) is 0 Å². The van der Waals surface area contributed by atoms with Gasteiger partial charge >= 0.3 is 0 Å². The fourth-order valence-corrected chi connectivity index (χ4v) is 18.1. The summed E-state index contributed by atoms with van der Waals surface area (Å²) in [6.07, 6.45) is 6.11. The molecule has 0 aliphatic carbocycles. The molecule has 12 heteroatoms. The summed E-state index contributed by atoms with van der Waals surface area (Å²) in [7, 11) is 19.7. The number of hydrogen-bond acceptors (Lipinski definition) is 6. The molecule has 1 rings (SSSR count). The Labute approximate surface area is 151 Å². The average molecular weight is 430 g/mol. The summed E-state index contributed by atoms with van der Waals surface area (Å²) in [6, 6.07) is 0. The minimum absolute atomic E-state index is 0.542. The van der Waals surface area contributed by atoms with E-state index in [9.17, 15) is 0 Å². The second-order valence-corrected chi connectivity index (χ2v) is 16.1. The van der Waals surface area contributed by atoms with Crippen molar-refractivity contribution in [1.29, 1.82) is 0 Å². The third kappa shape index (κ3) is 6.74. The van der Waals surface area contributed by atoms with Crippen LogP contribution in [0.15, 0.2) is 15.0 Å². The Kier molecular flexibility index (Phi) is 8.85. The van der Waals surface area contributed by atoms with Gasteiger partial charge in [-0.15, -0.1) is 0 Å². The lowest BCUT2D eigenvalue weighted by atomic mass is 10.5. The highest BCUT2D eigenvalue weighted by atomic mass is 35.7. The molecule has 3 N–H and O–H groups in total. The number of halogens is 3. The van der Waals surface area contributed by atoms with E-state index in [0.717, 1.165) is 6.42 Å². The van der Waals surface area contributed by atoms with Gasteiger partial charge in [-0.25, -0.2) is 0 Å². The lowest BCUT2D eigenvalue weighted by Crippen LogP contribution is -2.48. The van der Waals surface area contributed by atoms with Crippen LogP contribution in [0.3, 0.4) is 0 Å². The molecule has 132 valence electrons. The van der Waals surface area contributed by atoms with Gasteiger partial charge in [-0.3, -0.25) is 9.98 Å². The highest BCUT2D eigenvalue weighted by Gasteiger charge is 2.44. The van der Waals surface area contributed by atoms with Crippen molar-refractivity contribution in [3.8, 4) is 0 Å². The topological polar surface area (TPSA) is 73.2 Å². The van der Waals surface area contributed by atoms with Crippen LogP contribution in [-0.2, 0) is 0 Å². The van der Waals surface area contributed by atoms with Crippen molar-refractivity contribution in [2.45, 2.75) is 6.42 Å². The molecule has 0 radical (unpaired) electrons. The normalized spacial score (nSPS) is 45.5. The Bertz CT molecular complexity index is 424. The molecule has 2 atom stereocenters. The summed E-state index contributed by atoms with van der Waals surface area (Å²) in [4.78, 5) is 12.0. The van der Waals surface area contributed by atoms with Crippen LogP contribution in [0, 0.1) is 0 Å². The monoisotopic (exact) mass is 428 g/mol. The van der Waals surface area contributed by atoms with Crippen LogP contribution in [0.4, 0.5) is 0 Å². The molecule has 1 saturated heterocycles. The van der Waals surface area contributed by atoms with E-state index >= 15 is 0 Å². The predicted octanol–water partition coefficient (Wildman–Crippen LogP) is 3.63. The van der Waals surface area contributed by atoms with Gasteiger partial charge in [0.2, 0.25) is 0 Å². The van der Waals surface area contributed by atoms with Crippen molar-refractivity contribution >= 4 is 79.5 Å². The van der Waals surface area contributed by atoms with Crippen molar-refractivity contribution in [1.82, 2.24) is 12.4 Å². The van der Waals surface area contributed by atoms with E-state index < -0.39 is 28.8 Å². The van der Waals surface area contributed by atoms with Crippen LogP contribution in [0.25, 0.3) is 0 Å². The van der Waals surface area contributed by atoms with Gasteiger partial charge < -0.3 is 4.99 Å². The van der Waals surface area contributed by atoms with Crippen LogP contribution in [0.1, 0.15) is 6.42 Å². The minimum Gasteiger partial charge on any atom is -0.301 e. The third-order valence-corrected chi connectivity index (χ3v) is 15.5. The average Bonchev–Trinajstić information content (AvgIpc) is 2.42. The van der Waals surface area contributed by atoms with Gasteiger partial charge in [-0.1, -0.05) is 0 Å². The van der Waals surface area contributed by atoms with Gasteiger partial charge in [0.25, 0.3) is 0 Å². The maximum absolute atomic E-state index is 6.78. The molecule has 0 aromatic heterocycles. The van der Waals surface area contributed by atoms with Gasteiger partial charge in [-0.05, 0) is 73.5 Å². The van der Waals surface area contributed by atoms with E-state index in [-0.39, 0.29) is 0 Å². The van der Waals surface area contributed by atoms with Crippen molar-refractivity contribution in [2.75, 3.05) is 38.4 Å². The van der Waals surface area contributed by atoms with Crippen molar-refractivity contribution in [3.05, 3.63) is 0 Å². The Morgan fingerprint density at radius 3 is 1.55 bits per heavy atom. The molecule has 0 bridgehead atoms. The Balaban J connectivity index is 2.97. The quantitative estimate of drug-likeness (QED) is 0.541. The zero-order valence-electron chi connectivity index (χ0n) is 12.8. The number of nitrogens with zero attached hydrogens (tertiary/aromatic N) is 3. The maximum atomic E-state index is 6.78. The zero-order valence-corrected chi connectivity index (χ0v) is 17.5. The van der Waals surface area contributed by atoms with E-state index in [1.165, 1.54) is 0 Å². The summed E-state index contributed by atoms with van der Waals surface area (Å²) in [5.41, 5.74) is 0. The molecule has 1 fully saturated rings. The van der Waals surface area contributed by atoms with Gasteiger partial charge in [-0.2, -0.15) is 12.4 Å². The summed E-state index contributed by atoms with van der Waals surface area (Å²) >= 11 is 0. The first-order chi connectivity index (χ1) is 10.3. The first-order valence-corrected chi connectivity index (χ1v) is 14.3. The van der Waals surface area contributed by atoms with Crippen molar-refractivity contribution in [3.63, 3.8) is 0 Å². The van der Waals surface area contributed by atoms with Gasteiger partial charge in [0.1, 0.15) is 0 Å². The van der Waals surface area contributed by atoms with Gasteiger partial charge in [0.15, 0.2) is 0 Å². The molecule has 1 heterocycles. The predicted molar refractivity (Wildman–Crippen MR) is 112 cm³/mol. The van der Waals surface area contributed by atoms with Gasteiger partial charge in [0, 0.05) is 39.3 Å². The molecule has 22 heavy (non-hydrogen) atoms. The molecule has 0 spiro atoms. The molecule has 2 unspecified atom stereocenters. The van der Waals surface area contributed by atoms with Crippen LogP contribution >= 0.6 is 60.9 Å². The number of nitrogens with one attached hydrogen (secondary N) is 3. The highest BCUT2D eigenvalue weighted by Crippen LogP contribution is 2.72. The lowest BCUT2D eigenvalue weighted by molar-refractivity contribution is 1.26. The maximum Gasteiger partial charge on any atom is 0.0515 e. The summed E-state index contributed by atoms with van der Waals surface area (Å²) in [5.74, 6) is 1.77. The largest absolute Gasteiger partial charge is 0.301 e. The molecule has 6 nitrogen and oxygen atoms in total. The van der Waals surface area contributed by atoms with Crippen LogP contribution in [0.5, 0.6) is 0 Å². The van der Waals surface area contributed by atoms with Crippen molar-refractivity contribution in [2.24, 2.45) is 15.0 Å². The molecule has 0 aromatic rings. The first-order valence-electron chi connectivity index (χ1n) is 6.39. The first kappa shape index (κ1) is 20.9. The molecular weight excluding hydrogens is 407 g/mol. The third-order valence-electron chi connectivity index (χ3n) is 2.48. The summed E-state index contributed by atoms with van der Waals surface area (Å²) in [6.45, 7) is 0. The molecule has 0 amide bonds. The SMILES string of the molecule is C/N=C/CCS1(Cl)NS(Cl)(C/C=N/C)NS(Cl)(C/C=N/C)N1. The summed E-state index contributed by atoms with van der Waals surface area (Å²) in [5, 5.41) is 0. The highest BCUT2D eigenvalue weighted by molar-refractivity contribution is 8.73. The minimum atomic E-state index is -1.92. The standard InChI is InChI=1S/C10H23Cl3N6S3/c1-14-5-4-8-20(11)17-21(12,9-6-15-2)19-22(13,18-20)10-7-16-3/h5-7,17-19H,4,8-10H2,1-3H3/b14-5+,15-6+,16-7+. The van der Waals surface area contributed by atoms with E-state index in [1.54, 1.807) is 33.6 Å². The molecular formula is C10H23Cl3N6S3. The number of rotatable bonds is 7. The van der Waals surface area contributed by atoms with Gasteiger partial charge in [0.05, 0.1) is 11.5 Å². The Morgan fingerprint density at radius 2 is 1.14 bits per heavy atom. The second kappa shape index (κ2) is 9.33. The number of hydrogen-bond donors (Lipinski definition) is 3. The smallest absolute Gasteiger partial charge is 0.0515 e. The molecule has 0 saturated carbocycles. The van der Waals surface area contributed by atoms with Crippen LogP contribution in [-0.4, -0.2) is 57.0 Å². The Morgan fingerprint density at radius 1 is 0.727 bits per heavy atom. The van der Waals surface area contributed by atoms with E-state index in [0.29, 0.717) is 17.3 Å². The zero-order chi connectivity index (χ0) is 16.7. The van der Waals surface area contributed by atoms with Crippen LogP contribution < -0.4 is 12.4 Å². The lowest BCUT2D eigenvalue weighted by Gasteiger charge is -2.57. The second-order valence-electron chi connectivity index (χ2n) is 4.36. The van der Waals surface area contributed by atoms with E-state index in [4.69, 9.17) is 32.0 Å². The Hall–Kier alpha value is 0.810. The fraction of sp³-hybridized carbons (Fsp3) is 0.700. The molecule has 1 aliphatic rings. The number of aliphatic imine (C=N–C) groups is 3. The van der Waals surface area contributed by atoms with E-state index in [1.807, 2.05) is 6.21 Å². The molecule has 0 aromatic carbocycles. The van der Waals surface area contributed by atoms with Crippen molar-refractivity contribution < 1.29 is 0 Å². The summed E-state index contributed by atoms with van der Waals surface area (Å²) < 4.78 is 10.0. The molecule has 1 aliphatic heterocycles.